The molecule has 1 aromatic heterocycles. The number of halogens is 1. The van der Waals surface area contributed by atoms with Crippen molar-refractivity contribution in [1.29, 1.82) is 0 Å². The number of aromatic nitrogens is 4. The van der Waals surface area contributed by atoms with E-state index in [0.29, 0.717) is 21.2 Å². The molecule has 0 spiro atoms. The number of phenols is 1. The van der Waals surface area contributed by atoms with E-state index in [-0.39, 0.29) is 17.2 Å². The molecule has 230 valence electrons. The third-order valence-electron chi connectivity index (χ3n) is 6.82. The number of imide groups is 1. The van der Waals surface area contributed by atoms with Gasteiger partial charge >= 0.3 is 5.97 Å². The fraction of sp³-hybridized carbons (Fsp3) is 0.240. The second-order valence-corrected chi connectivity index (χ2v) is 14.1. The van der Waals surface area contributed by atoms with Gasteiger partial charge in [-0.15, -0.1) is 16.9 Å². The molecule has 4 N–H and O–H groups in total. The fourth-order valence-electron chi connectivity index (χ4n) is 4.66. The number of β-lactam (4-membered cyclic amide) rings is 1. The number of amides is 3. The minimum atomic E-state index is -4.36. The van der Waals surface area contributed by atoms with Gasteiger partial charge in [0.2, 0.25) is 5.16 Å². The number of hydrogen-bond donors (Lipinski definition) is 3. The molecule has 0 bridgehead atoms. The first-order valence-electron chi connectivity index (χ1n) is 12.5. The van der Waals surface area contributed by atoms with E-state index in [2.05, 4.69) is 15.5 Å². The van der Waals surface area contributed by atoms with E-state index in [9.17, 15) is 37.8 Å². The topological polar surface area (TPSA) is 219 Å². The van der Waals surface area contributed by atoms with Crippen LogP contribution in [-0.2, 0) is 30.5 Å². The smallest absolute Gasteiger partial charge is 0.352 e. The zero-order chi connectivity index (χ0) is 31.9. The van der Waals surface area contributed by atoms with Crippen LogP contribution in [0, 0.1) is 0 Å². The Balaban J connectivity index is 1.53. The van der Waals surface area contributed by atoms with E-state index in [1.54, 1.807) is 25.2 Å². The maximum Gasteiger partial charge on any atom is 0.352 e. The van der Waals surface area contributed by atoms with Gasteiger partial charge in [-0.25, -0.2) is 17.9 Å². The molecule has 0 radical (unpaired) electrons. The van der Waals surface area contributed by atoms with Crippen LogP contribution in [0.5, 0.6) is 5.75 Å². The first-order chi connectivity index (χ1) is 20.8. The summed E-state index contributed by atoms with van der Waals surface area (Å²) < 4.78 is 25.3. The predicted molar refractivity (Wildman–Crippen MR) is 157 cm³/mol. The summed E-state index contributed by atoms with van der Waals surface area (Å²) in [5.41, 5.74) is 6.00. The molecule has 15 nitrogen and oxygen atoms in total. The molecule has 44 heavy (non-hydrogen) atoms. The highest BCUT2D eigenvalue weighted by Gasteiger charge is 2.59. The predicted octanol–water partition coefficient (Wildman–Crippen LogP) is 0.927. The summed E-state index contributed by atoms with van der Waals surface area (Å²) >= 11 is 2.28. The van der Waals surface area contributed by atoms with Crippen molar-refractivity contribution in [2.24, 2.45) is 12.8 Å². The van der Waals surface area contributed by atoms with Crippen molar-refractivity contribution in [2.75, 3.05) is 11.5 Å². The summed E-state index contributed by atoms with van der Waals surface area (Å²) in [4.78, 5) is 54.9. The fourth-order valence-corrected chi connectivity index (χ4v) is 7.81. The largest absolute Gasteiger partial charge is 0.507 e. The molecule has 1 unspecified atom stereocenters. The lowest BCUT2D eigenvalue weighted by atomic mass is 9.97. The number of nitrogens with two attached hydrogens (primary N) is 1. The molecule has 0 saturated carbocycles. The number of carboxylic acid groups (broad SMARTS) is 1. The van der Waals surface area contributed by atoms with E-state index in [1.165, 1.54) is 16.8 Å². The van der Waals surface area contributed by atoms with E-state index >= 15 is 0 Å². The summed E-state index contributed by atoms with van der Waals surface area (Å²) in [6.45, 7) is 0. The number of benzene rings is 2. The number of carbonyl (C=O) groups is 4. The van der Waals surface area contributed by atoms with Crippen molar-refractivity contribution < 1.29 is 37.8 Å². The lowest BCUT2D eigenvalue weighted by Gasteiger charge is -2.52. The van der Waals surface area contributed by atoms with E-state index in [0.717, 1.165) is 46.6 Å². The number of rotatable bonds is 9. The van der Waals surface area contributed by atoms with Gasteiger partial charge in [0.15, 0.2) is 0 Å². The summed E-state index contributed by atoms with van der Waals surface area (Å²) in [7, 11) is 2.70. The number of carbonyl (C=O) groups excluding carboxylic acids is 3. The zero-order valence-electron chi connectivity index (χ0n) is 22.5. The molecule has 2 aliphatic rings. The number of carboxylic acids is 1. The Labute approximate surface area is 262 Å². The number of thioether (sulfide) groups is 2. The highest BCUT2D eigenvalue weighted by molar-refractivity contribution is 8.13. The number of aliphatic carboxylic acids is 1. The molecule has 3 aromatic rings. The number of tetrazole rings is 1. The number of nitrogens with zero attached hydrogens (tertiary/aromatic N) is 6. The van der Waals surface area contributed by atoms with E-state index < -0.39 is 66.4 Å². The van der Waals surface area contributed by atoms with Crippen LogP contribution >= 0.6 is 34.2 Å². The molecule has 2 aliphatic heterocycles. The highest BCUT2D eigenvalue weighted by atomic mass is 35.7. The minimum Gasteiger partial charge on any atom is -0.507 e. The van der Waals surface area contributed by atoms with E-state index in [4.69, 9.17) is 16.4 Å². The Bertz CT molecular complexity index is 1820. The van der Waals surface area contributed by atoms with Crippen LogP contribution < -0.4 is 5.73 Å². The van der Waals surface area contributed by atoms with Gasteiger partial charge in [0.25, 0.3) is 26.8 Å². The van der Waals surface area contributed by atoms with Gasteiger partial charge in [0.1, 0.15) is 28.9 Å². The Morgan fingerprint density at radius 3 is 2.55 bits per heavy atom. The lowest BCUT2D eigenvalue weighted by Crippen LogP contribution is -2.72. The Hall–Kier alpha value is -3.97. The van der Waals surface area contributed by atoms with Crippen molar-refractivity contribution in [3.8, 4) is 5.75 Å². The van der Waals surface area contributed by atoms with Gasteiger partial charge in [-0.1, -0.05) is 42.1 Å². The molecule has 1 fully saturated rings. The summed E-state index contributed by atoms with van der Waals surface area (Å²) in [5, 5.41) is 31.1. The first kappa shape index (κ1) is 31.5. The number of aryl methyl sites for hydroxylation is 1. The molecular weight excluding hydrogens is 658 g/mol. The van der Waals surface area contributed by atoms with Gasteiger partial charge in [0.05, 0.1) is 10.5 Å². The Morgan fingerprint density at radius 2 is 1.93 bits per heavy atom. The van der Waals surface area contributed by atoms with Crippen LogP contribution in [0.2, 0.25) is 0 Å². The van der Waals surface area contributed by atoms with Crippen LogP contribution in [0.1, 0.15) is 22.0 Å². The van der Waals surface area contributed by atoms with Crippen LogP contribution in [-0.4, -0.2) is 95.3 Å². The van der Waals surface area contributed by atoms with Crippen LogP contribution in [0.3, 0.4) is 0 Å². The summed E-state index contributed by atoms with van der Waals surface area (Å²) in [6, 6.07) is 7.66. The van der Waals surface area contributed by atoms with Gasteiger partial charge in [-0.05, 0) is 39.8 Å². The molecule has 19 heteroatoms. The SMILES string of the molecule is Cn1nnnc1SCC1=C(C(=O)O)N2C(=O)C(N(C(=O)c3cc(S(=O)(=O)Cl)ccc3O)C(=O)[C@H](N)c3ccccc3)[C@H]2SC1. The number of phenolic OH excluding ortho intramolecular Hbond substituents is 1. The second kappa shape index (κ2) is 12.2. The third kappa shape index (κ3) is 5.77. The Kier molecular flexibility index (Phi) is 8.72. The van der Waals surface area contributed by atoms with Crippen molar-refractivity contribution in [3.05, 3.63) is 70.9 Å². The van der Waals surface area contributed by atoms with Crippen LogP contribution in [0.25, 0.3) is 0 Å². The number of hydrogen-bond acceptors (Lipinski definition) is 13. The molecule has 1 saturated heterocycles. The molecule has 3 heterocycles. The number of aromatic hydroxyl groups is 1. The second-order valence-electron chi connectivity index (χ2n) is 9.50. The molecule has 0 aliphatic carbocycles. The van der Waals surface area contributed by atoms with Crippen molar-refractivity contribution >= 4 is 66.9 Å². The standard InChI is InChI=1S/C25H22ClN7O8S3/c1-31-25(28-29-30-31)43-11-13-10-42-23-19(22(37)33(23)18(13)24(38)39)32(21(36)17(27)12-5-3-2-4-6-12)20(35)15-9-14(44(26,40)41)7-8-16(15)34/h2-9,17,19,23,34H,10-11,27H2,1H3,(H,38,39)/t17-,19?,23-/m1/s1. The molecule has 5 rings (SSSR count). The third-order valence-corrected chi connectivity index (χ3v) is 10.6. The summed E-state index contributed by atoms with van der Waals surface area (Å²) in [5.74, 6) is -4.96. The maximum absolute atomic E-state index is 13.9. The zero-order valence-corrected chi connectivity index (χ0v) is 25.7. The Morgan fingerprint density at radius 1 is 1.23 bits per heavy atom. The van der Waals surface area contributed by atoms with Gasteiger partial charge < -0.3 is 15.9 Å². The highest BCUT2D eigenvalue weighted by Crippen LogP contribution is 2.44. The lowest BCUT2D eigenvalue weighted by molar-refractivity contribution is -0.157. The normalized spacial score (nSPS) is 18.8. The molecule has 3 atom stereocenters. The van der Waals surface area contributed by atoms with Crippen molar-refractivity contribution in [3.63, 3.8) is 0 Å². The quantitative estimate of drug-likeness (QED) is 0.163. The van der Waals surface area contributed by atoms with E-state index in [1.807, 2.05) is 0 Å². The van der Waals surface area contributed by atoms with Gasteiger partial charge in [0, 0.05) is 29.2 Å². The molecular formula is C25H22ClN7O8S3. The van der Waals surface area contributed by atoms with Gasteiger partial charge in [-0.2, -0.15) is 0 Å². The summed E-state index contributed by atoms with van der Waals surface area (Å²) in [6.07, 6.45) is 0. The minimum absolute atomic E-state index is 0.122. The van der Waals surface area contributed by atoms with Crippen LogP contribution in [0.15, 0.2) is 69.9 Å². The molecule has 2 aromatic carbocycles. The average molecular weight is 680 g/mol. The van der Waals surface area contributed by atoms with Crippen LogP contribution in [0.4, 0.5) is 0 Å². The first-order valence-corrected chi connectivity index (χ1v) is 16.9. The van der Waals surface area contributed by atoms with Crippen molar-refractivity contribution in [2.45, 2.75) is 27.5 Å². The monoisotopic (exact) mass is 679 g/mol. The molecule has 3 amide bonds. The van der Waals surface area contributed by atoms with Gasteiger partial charge in [-0.3, -0.25) is 24.2 Å². The maximum atomic E-state index is 13.9. The number of fused-ring (bicyclic) bond motifs is 1. The average Bonchev–Trinajstić information content (AvgIpc) is 3.41. The van der Waals surface area contributed by atoms with Crippen molar-refractivity contribution in [1.82, 2.24) is 30.0 Å².